The first-order valence-electron chi connectivity index (χ1n) is 5.62. The molecule has 0 unspecified atom stereocenters. The standard InChI is InChI=1S/C12H15N3/c1-2-7-15(8-3-1)11-6-4-5-10-12(11)14-9-13-10/h4-6,9H,1-3,7-8H2,(H,13,14). The molecular weight excluding hydrogens is 186 g/mol. The molecule has 3 heteroatoms. The number of nitrogens with zero attached hydrogens (tertiary/aromatic N) is 2. The number of benzene rings is 1. The zero-order valence-electron chi connectivity index (χ0n) is 8.74. The summed E-state index contributed by atoms with van der Waals surface area (Å²) < 4.78 is 0. The Hall–Kier alpha value is -1.51. The van der Waals surface area contributed by atoms with E-state index in [1.165, 1.54) is 38.0 Å². The summed E-state index contributed by atoms with van der Waals surface area (Å²) in [5, 5.41) is 0. The maximum Gasteiger partial charge on any atom is 0.112 e. The van der Waals surface area contributed by atoms with Gasteiger partial charge >= 0.3 is 0 Å². The largest absolute Gasteiger partial charge is 0.370 e. The molecule has 0 bridgehead atoms. The van der Waals surface area contributed by atoms with Crippen molar-refractivity contribution < 1.29 is 0 Å². The lowest BCUT2D eigenvalue weighted by molar-refractivity contribution is 0.579. The highest BCUT2D eigenvalue weighted by atomic mass is 15.1. The summed E-state index contributed by atoms with van der Waals surface area (Å²) in [4.78, 5) is 10.0. The number of para-hydroxylation sites is 1. The Bertz CT molecular complexity index is 455. The Balaban J connectivity index is 2.05. The van der Waals surface area contributed by atoms with Crippen LogP contribution < -0.4 is 4.90 Å². The van der Waals surface area contributed by atoms with Crippen molar-refractivity contribution in [3.8, 4) is 0 Å². The molecule has 3 rings (SSSR count). The summed E-state index contributed by atoms with van der Waals surface area (Å²) in [6.07, 6.45) is 5.76. The second-order valence-electron chi connectivity index (χ2n) is 4.12. The van der Waals surface area contributed by atoms with Gasteiger partial charge in [-0.25, -0.2) is 4.98 Å². The van der Waals surface area contributed by atoms with Gasteiger partial charge < -0.3 is 9.88 Å². The van der Waals surface area contributed by atoms with Gasteiger partial charge in [0, 0.05) is 13.1 Å². The fourth-order valence-corrected chi connectivity index (χ4v) is 2.34. The lowest BCUT2D eigenvalue weighted by atomic mass is 10.1. The van der Waals surface area contributed by atoms with E-state index < -0.39 is 0 Å². The van der Waals surface area contributed by atoms with Crippen molar-refractivity contribution in [2.75, 3.05) is 18.0 Å². The number of hydrogen-bond acceptors (Lipinski definition) is 2. The lowest BCUT2D eigenvalue weighted by Gasteiger charge is -2.28. The number of fused-ring (bicyclic) bond motifs is 1. The maximum absolute atomic E-state index is 4.40. The number of aromatic nitrogens is 2. The molecule has 2 heterocycles. The Morgan fingerprint density at radius 2 is 2.00 bits per heavy atom. The Labute approximate surface area is 89.1 Å². The van der Waals surface area contributed by atoms with Crippen molar-refractivity contribution >= 4 is 16.7 Å². The van der Waals surface area contributed by atoms with E-state index in [-0.39, 0.29) is 0 Å². The first kappa shape index (κ1) is 8.77. The molecule has 2 aromatic rings. The quantitative estimate of drug-likeness (QED) is 0.769. The van der Waals surface area contributed by atoms with Crippen molar-refractivity contribution in [1.82, 2.24) is 9.97 Å². The normalized spacial score (nSPS) is 17.2. The highest BCUT2D eigenvalue weighted by Crippen LogP contribution is 2.26. The highest BCUT2D eigenvalue weighted by molar-refractivity contribution is 5.88. The molecule has 1 N–H and O–H groups in total. The SMILES string of the molecule is c1cc(N2CCCCC2)c2nc[nH]c2c1. The van der Waals surface area contributed by atoms with Crippen LogP contribution in [0.2, 0.25) is 0 Å². The van der Waals surface area contributed by atoms with E-state index in [9.17, 15) is 0 Å². The summed E-state index contributed by atoms with van der Waals surface area (Å²) >= 11 is 0. The fraction of sp³-hybridized carbons (Fsp3) is 0.417. The number of hydrogen-bond donors (Lipinski definition) is 1. The van der Waals surface area contributed by atoms with Crippen LogP contribution in [0.3, 0.4) is 0 Å². The molecule has 1 fully saturated rings. The van der Waals surface area contributed by atoms with Gasteiger partial charge in [-0.2, -0.15) is 0 Å². The van der Waals surface area contributed by atoms with E-state index in [0.29, 0.717) is 0 Å². The van der Waals surface area contributed by atoms with E-state index in [0.717, 1.165) is 11.0 Å². The molecule has 0 spiro atoms. The van der Waals surface area contributed by atoms with E-state index in [1.807, 2.05) is 0 Å². The molecule has 1 aliphatic heterocycles. The van der Waals surface area contributed by atoms with E-state index in [1.54, 1.807) is 6.33 Å². The van der Waals surface area contributed by atoms with Crippen LogP contribution in [0.5, 0.6) is 0 Å². The van der Waals surface area contributed by atoms with E-state index in [2.05, 4.69) is 33.1 Å². The van der Waals surface area contributed by atoms with Crippen LogP contribution in [-0.2, 0) is 0 Å². The molecule has 0 atom stereocenters. The first-order valence-corrected chi connectivity index (χ1v) is 5.62. The predicted octanol–water partition coefficient (Wildman–Crippen LogP) is 2.55. The minimum absolute atomic E-state index is 1.11. The van der Waals surface area contributed by atoms with Gasteiger partial charge in [-0.15, -0.1) is 0 Å². The number of nitrogens with one attached hydrogen (secondary N) is 1. The summed E-state index contributed by atoms with van der Waals surface area (Å²) in [7, 11) is 0. The molecule has 3 nitrogen and oxygen atoms in total. The molecule has 0 saturated carbocycles. The highest BCUT2D eigenvalue weighted by Gasteiger charge is 2.14. The van der Waals surface area contributed by atoms with Crippen molar-refractivity contribution in [3.63, 3.8) is 0 Å². The summed E-state index contributed by atoms with van der Waals surface area (Å²) in [5.74, 6) is 0. The van der Waals surface area contributed by atoms with Crippen LogP contribution in [0.25, 0.3) is 11.0 Å². The molecule has 15 heavy (non-hydrogen) atoms. The third-order valence-electron chi connectivity index (χ3n) is 3.13. The molecule has 1 aromatic carbocycles. The monoisotopic (exact) mass is 201 g/mol. The molecule has 1 saturated heterocycles. The number of H-pyrrole nitrogens is 1. The zero-order chi connectivity index (χ0) is 10.1. The maximum atomic E-state index is 4.40. The Morgan fingerprint density at radius 3 is 2.87 bits per heavy atom. The molecule has 0 amide bonds. The summed E-state index contributed by atoms with van der Waals surface area (Å²) in [6.45, 7) is 2.35. The van der Waals surface area contributed by atoms with Gasteiger partial charge in [0.2, 0.25) is 0 Å². The van der Waals surface area contributed by atoms with Gasteiger partial charge in [0.1, 0.15) is 5.52 Å². The predicted molar refractivity (Wildman–Crippen MR) is 62.2 cm³/mol. The van der Waals surface area contributed by atoms with Gasteiger partial charge in [0.05, 0.1) is 17.5 Å². The zero-order valence-corrected chi connectivity index (χ0v) is 8.74. The first-order chi connectivity index (χ1) is 7.45. The van der Waals surface area contributed by atoms with Crippen LogP contribution in [0.15, 0.2) is 24.5 Å². The number of imidazole rings is 1. The smallest absolute Gasteiger partial charge is 0.112 e. The van der Waals surface area contributed by atoms with Gasteiger partial charge in [-0.1, -0.05) is 6.07 Å². The van der Waals surface area contributed by atoms with Crippen LogP contribution in [0.1, 0.15) is 19.3 Å². The molecule has 1 aliphatic rings. The van der Waals surface area contributed by atoms with Crippen molar-refractivity contribution in [2.24, 2.45) is 0 Å². The van der Waals surface area contributed by atoms with Crippen molar-refractivity contribution in [3.05, 3.63) is 24.5 Å². The summed E-state index contributed by atoms with van der Waals surface area (Å²) in [6, 6.07) is 6.36. The minimum atomic E-state index is 1.11. The van der Waals surface area contributed by atoms with Crippen LogP contribution >= 0.6 is 0 Å². The van der Waals surface area contributed by atoms with E-state index >= 15 is 0 Å². The van der Waals surface area contributed by atoms with Crippen LogP contribution in [0, 0.1) is 0 Å². The van der Waals surface area contributed by atoms with Crippen LogP contribution in [0.4, 0.5) is 5.69 Å². The number of anilines is 1. The third kappa shape index (κ3) is 1.48. The molecule has 0 radical (unpaired) electrons. The number of aromatic amines is 1. The average molecular weight is 201 g/mol. The van der Waals surface area contributed by atoms with Crippen molar-refractivity contribution in [1.29, 1.82) is 0 Å². The van der Waals surface area contributed by atoms with Gasteiger partial charge in [-0.3, -0.25) is 0 Å². The molecule has 1 aromatic heterocycles. The molecule has 0 aliphatic carbocycles. The summed E-state index contributed by atoms with van der Waals surface area (Å²) in [5.41, 5.74) is 3.53. The number of rotatable bonds is 1. The van der Waals surface area contributed by atoms with Crippen LogP contribution in [-0.4, -0.2) is 23.1 Å². The molecule has 78 valence electrons. The average Bonchev–Trinajstić information content (AvgIpc) is 2.78. The van der Waals surface area contributed by atoms with Gasteiger partial charge in [0.15, 0.2) is 0 Å². The fourth-order valence-electron chi connectivity index (χ4n) is 2.34. The Kier molecular flexibility index (Phi) is 2.09. The molecular formula is C12H15N3. The topological polar surface area (TPSA) is 31.9 Å². The second kappa shape index (κ2) is 3.57. The second-order valence-corrected chi connectivity index (χ2v) is 4.12. The van der Waals surface area contributed by atoms with E-state index in [4.69, 9.17) is 0 Å². The lowest BCUT2D eigenvalue weighted by Crippen LogP contribution is -2.29. The van der Waals surface area contributed by atoms with Gasteiger partial charge in [-0.05, 0) is 31.4 Å². The van der Waals surface area contributed by atoms with Gasteiger partial charge in [0.25, 0.3) is 0 Å². The third-order valence-corrected chi connectivity index (χ3v) is 3.13. The number of piperidine rings is 1. The minimum Gasteiger partial charge on any atom is -0.370 e. The van der Waals surface area contributed by atoms with Crippen molar-refractivity contribution in [2.45, 2.75) is 19.3 Å². The Morgan fingerprint density at radius 1 is 1.13 bits per heavy atom.